The molecule has 0 fully saturated rings. The summed E-state index contributed by atoms with van der Waals surface area (Å²) in [5.41, 5.74) is 0.213. The molecule has 0 saturated carbocycles. The molecule has 17 heavy (non-hydrogen) atoms. The maximum absolute atomic E-state index is 11.6. The summed E-state index contributed by atoms with van der Waals surface area (Å²) in [6.07, 6.45) is -0.359. The average molecular weight is 239 g/mol. The number of rotatable bonds is 5. The lowest BCUT2D eigenvalue weighted by Gasteiger charge is -2.11. The van der Waals surface area contributed by atoms with Gasteiger partial charge in [0, 0.05) is 19.2 Å². The maximum atomic E-state index is 11.6. The molecule has 0 spiro atoms. The van der Waals surface area contributed by atoms with Gasteiger partial charge in [-0.05, 0) is 19.1 Å². The van der Waals surface area contributed by atoms with Crippen molar-refractivity contribution in [2.24, 2.45) is 0 Å². The zero-order chi connectivity index (χ0) is 12.8. The second kappa shape index (κ2) is 5.95. The van der Waals surface area contributed by atoms with Crippen molar-refractivity contribution < 1.29 is 19.2 Å². The summed E-state index contributed by atoms with van der Waals surface area (Å²) in [6.45, 7) is 2.01. The third-order valence-corrected chi connectivity index (χ3v) is 2.02. The van der Waals surface area contributed by atoms with Gasteiger partial charge in [0.05, 0.1) is 17.1 Å². The van der Waals surface area contributed by atoms with Gasteiger partial charge < -0.3 is 9.47 Å². The van der Waals surface area contributed by atoms with E-state index in [9.17, 15) is 14.9 Å². The fourth-order valence-electron chi connectivity index (χ4n) is 1.24. The minimum absolute atomic E-state index is 0.0634. The van der Waals surface area contributed by atoms with Crippen molar-refractivity contribution in [3.8, 4) is 0 Å². The normalized spacial score (nSPS) is 11.9. The van der Waals surface area contributed by atoms with E-state index in [1.165, 1.54) is 31.4 Å². The molecule has 92 valence electrons. The van der Waals surface area contributed by atoms with Gasteiger partial charge in [0.25, 0.3) is 5.69 Å². The van der Waals surface area contributed by atoms with Gasteiger partial charge in [-0.15, -0.1) is 0 Å². The Hall–Kier alpha value is -1.95. The van der Waals surface area contributed by atoms with E-state index in [2.05, 4.69) is 0 Å². The number of esters is 1. The topological polar surface area (TPSA) is 78.7 Å². The molecule has 0 aliphatic carbocycles. The molecule has 1 aromatic carbocycles. The van der Waals surface area contributed by atoms with Crippen molar-refractivity contribution >= 4 is 11.7 Å². The van der Waals surface area contributed by atoms with E-state index >= 15 is 0 Å². The lowest BCUT2D eigenvalue weighted by molar-refractivity contribution is -0.384. The van der Waals surface area contributed by atoms with E-state index in [0.717, 1.165) is 0 Å². The number of carbonyl (C=O) groups excluding carboxylic acids is 1. The fraction of sp³-hybridized carbons (Fsp3) is 0.364. The number of benzene rings is 1. The van der Waals surface area contributed by atoms with Crippen molar-refractivity contribution in [1.82, 2.24) is 0 Å². The summed E-state index contributed by atoms with van der Waals surface area (Å²) < 4.78 is 9.87. The Labute approximate surface area is 98.3 Å². The first-order valence-electron chi connectivity index (χ1n) is 4.99. The number of non-ortho nitro benzene ring substituents is 1. The van der Waals surface area contributed by atoms with E-state index in [0.29, 0.717) is 6.61 Å². The molecular weight excluding hydrogens is 226 g/mol. The molecule has 0 N–H and O–H groups in total. The first kappa shape index (κ1) is 13.1. The van der Waals surface area contributed by atoms with Crippen LogP contribution in [-0.2, 0) is 9.47 Å². The molecule has 0 bridgehead atoms. The second-order valence-corrected chi connectivity index (χ2v) is 3.48. The molecule has 0 aliphatic rings. The third-order valence-electron chi connectivity index (χ3n) is 2.02. The van der Waals surface area contributed by atoms with Gasteiger partial charge in [-0.25, -0.2) is 4.79 Å². The van der Waals surface area contributed by atoms with E-state index in [4.69, 9.17) is 9.47 Å². The van der Waals surface area contributed by atoms with Crippen LogP contribution in [0.1, 0.15) is 17.3 Å². The quantitative estimate of drug-likeness (QED) is 0.444. The molecule has 1 aromatic rings. The third kappa shape index (κ3) is 3.84. The Morgan fingerprint density at radius 2 is 2.00 bits per heavy atom. The van der Waals surface area contributed by atoms with Crippen LogP contribution >= 0.6 is 0 Å². The van der Waals surface area contributed by atoms with Gasteiger partial charge >= 0.3 is 5.97 Å². The van der Waals surface area contributed by atoms with Crippen molar-refractivity contribution in [3.63, 3.8) is 0 Å². The van der Waals surface area contributed by atoms with Gasteiger partial charge in [-0.3, -0.25) is 10.1 Å². The number of nitro groups is 1. The smallest absolute Gasteiger partial charge is 0.338 e. The number of hydrogen-bond acceptors (Lipinski definition) is 5. The molecule has 0 amide bonds. The average Bonchev–Trinajstić information content (AvgIpc) is 2.29. The predicted octanol–water partition coefficient (Wildman–Crippen LogP) is 1.79. The van der Waals surface area contributed by atoms with Crippen LogP contribution in [0.2, 0.25) is 0 Å². The number of carbonyl (C=O) groups is 1. The molecule has 1 unspecified atom stereocenters. The van der Waals surface area contributed by atoms with Crippen LogP contribution < -0.4 is 0 Å². The molecule has 1 rings (SSSR count). The minimum Gasteiger partial charge on any atom is -0.457 e. The minimum atomic E-state index is -0.525. The van der Waals surface area contributed by atoms with Crippen LogP contribution in [0.4, 0.5) is 5.69 Å². The SMILES string of the molecule is COCC(C)OC(=O)c1ccc([N+](=O)[O-])cc1. The Morgan fingerprint density at radius 1 is 1.41 bits per heavy atom. The summed E-state index contributed by atoms with van der Waals surface area (Å²) in [5, 5.41) is 10.4. The highest BCUT2D eigenvalue weighted by molar-refractivity contribution is 5.89. The van der Waals surface area contributed by atoms with Crippen LogP contribution in [0.25, 0.3) is 0 Å². The maximum Gasteiger partial charge on any atom is 0.338 e. The Balaban J connectivity index is 2.66. The number of ether oxygens (including phenoxy) is 2. The van der Waals surface area contributed by atoms with E-state index in [1.54, 1.807) is 6.92 Å². The Bertz CT molecular complexity index is 401. The van der Waals surface area contributed by atoms with Gasteiger partial charge in [0.15, 0.2) is 0 Å². The van der Waals surface area contributed by atoms with Crippen LogP contribution in [0.3, 0.4) is 0 Å². The molecule has 0 heterocycles. The lowest BCUT2D eigenvalue weighted by Crippen LogP contribution is -2.19. The zero-order valence-corrected chi connectivity index (χ0v) is 9.58. The van der Waals surface area contributed by atoms with E-state index < -0.39 is 10.9 Å². The molecule has 1 atom stereocenters. The number of nitro benzene ring substituents is 1. The Morgan fingerprint density at radius 3 is 2.47 bits per heavy atom. The van der Waals surface area contributed by atoms with Gasteiger partial charge in [-0.2, -0.15) is 0 Å². The second-order valence-electron chi connectivity index (χ2n) is 3.48. The molecule has 0 radical (unpaired) electrons. The van der Waals surface area contributed by atoms with Crippen molar-refractivity contribution in [3.05, 3.63) is 39.9 Å². The highest BCUT2D eigenvalue weighted by Crippen LogP contribution is 2.13. The van der Waals surface area contributed by atoms with Gasteiger partial charge in [0.1, 0.15) is 6.10 Å². The number of methoxy groups -OCH3 is 1. The molecule has 0 aromatic heterocycles. The van der Waals surface area contributed by atoms with Crippen LogP contribution in [0.15, 0.2) is 24.3 Å². The predicted molar refractivity (Wildman–Crippen MR) is 59.8 cm³/mol. The van der Waals surface area contributed by atoms with Crippen LogP contribution in [-0.4, -0.2) is 30.7 Å². The molecule has 0 saturated heterocycles. The standard InChI is InChI=1S/C11H13NO5/c1-8(7-16-2)17-11(13)9-3-5-10(6-4-9)12(14)15/h3-6,8H,7H2,1-2H3. The van der Waals surface area contributed by atoms with Gasteiger partial charge in [-0.1, -0.05) is 0 Å². The molecule has 0 aliphatic heterocycles. The lowest BCUT2D eigenvalue weighted by atomic mass is 10.2. The summed E-state index contributed by atoms with van der Waals surface area (Å²) >= 11 is 0. The van der Waals surface area contributed by atoms with Crippen molar-refractivity contribution in [2.45, 2.75) is 13.0 Å². The Kier molecular flexibility index (Phi) is 4.59. The first-order chi connectivity index (χ1) is 8.04. The molecular formula is C11H13NO5. The number of hydrogen-bond donors (Lipinski definition) is 0. The molecule has 6 heteroatoms. The largest absolute Gasteiger partial charge is 0.457 e. The highest BCUT2D eigenvalue weighted by Gasteiger charge is 2.13. The summed E-state index contributed by atoms with van der Waals surface area (Å²) in [6, 6.07) is 5.25. The fourth-order valence-corrected chi connectivity index (χ4v) is 1.24. The van der Waals surface area contributed by atoms with Crippen molar-refractivity contribution in [2.75, 3.05) is 13.7 Å². The van der Waals surface area contributed by atoms with Crippen LogP contribution in [0.5, 0.6) is 0 Å². The monoisotopic (exact) mass is 239 g/mol. The van der Waals surface area contributed by atoms with Crippen molar-refractivity contribution in [1.29, 1.82) is 0 Å². The molecule has 6 nitrogen and oxygen atoms in total. The summed E-state index contributed by atoms with van der Waals surface area (Å²) in [4.78, 5) is 21.5. The summed E-state index contributed by atoms with van der Waals surface area (Å²) in [7, 11) is 1.51. The number of nitrogens with zero attached hydrogens (tertiary/aromatic N) is 1. The summed E-state index contributed by atoms with van der Waals surface area (Å²) in [5.74, 6) is -0.524. The van der Waals surface area contributed by atoms with Gasteiger partial charge in [0.2, 0.25) is 0 Å². The zero-order valence-electron chi connectivity index (χ0n) is 9.58. The van der Waals surface area contributed by atoms with E-state index in [1.807, 2.05) is 0 Å². The van der Waals surface area contributed by atoms with E-state index in [-0.39, 0.29) is 17.4 Å². The first-order valence-corrected chi connectivity index (χ1v) is 4.99. The van der Waals surface area contributed by atoms with Crippen LogP contribution in [0, 0.1) is 10.1 Å². The highest BCUT2D eigenvalue weighted by atomic mass is 16.6.